The molecule has 19 heavy (non-hydrogen) atoms. The molecule has 2 aromatic carbocycles. The van der Waals surface area contributed by atoms with Crippen molar-refractivity contribution in [2.75, 3.05) is 0 Å². The van der Waals surface area contributed by atoms with Gasteiger partial charge in [0.15, 0.2) is 0 Å². The maximum Gasteiger partial charge on any atom is 0.137 e. The number of halogens is 4. The molecule has 1 atom stereocenters. The predicted octanol–water partition coefficient (Wildman–Crippen LogP) is 6.30. The van der Waals surface area contributed by atoms with Crippen molar-refractivity contribution in [2.45, 2.75) is 19.2 Å². The fourth-order valence-electron chi connectivity index (χ4n) is 1.93. The maximum absolute atomic E-state index is 13.3. The van der Waals surface area contributed by atoms with Gasteiger partial charge in [-0.15, -0.1) is 11.6 Å². The van der Waals surface area contributed by atoms with E-state index in [0.717, 1.165) is 26.7 Å². The smallest absolute Gasteiger partial charge is 0.137 e. The van der Waals surface area contributed by atoms with E-state index in [4.69, 9.17) is 11.6 Å². The van der Waals surface area contributed by atoms with Gasteiger partial charge >= 0.3 is 0 Å². The van der Waals surface area contributed by atoms with Crippen LogP contribution in [0.5, 0.6) is 0 Å². The van der Waals surface area contributed by atoms with E-state index in [2.05, 4.69) is 44.0 Å². The molecule has 1 unspecified atom stereocenters. The van der Waals surface area contributed by atoms with Gasteiger partial charge in [0.2, 0.25) is 0 Å². The summed E-state index contributed by atoms with van der Waals surface area (Å²) in [6.45, 7) is 4.05. The van der Waals surface area contributed by atoms with Gasteiger partial charge in [0, 0.05) is 4.47 Å². The minimum atomic E-state index is -0.288. The minimum Gasteiger partial charge on any atom is -0.206 e. The normalized spacial score (nSPS) is 12.5. The second-order valence-corrected chi connectivity index (χ2v) is 6.64. The Morgan fingerprint density at radius 1 is 1.00 bits per heavy atom. The topological polar surface area (TPSA) is 0 Å². The lowest BCUT2D eigenvalue weighted by Crippen LogP contribution is -1.98. The first-order chi connectivity index (χ1) is 8.90. The van der Waals surface area contributed by atoms with E-state index >= 15 is 0 Å². The SMILES string of the molecule is Cc1cc(C(Cl)c2ccc(F)c(Br)c2)c(C)cc1Br. The van der Waals surface area contributed by atoms with Crippen LogP contribution in [0.1, 0.15) is 27.6 Å². The molecule has 0 fully saturated rings. The predicted molar refractivity (Wildman–Crippen MR) is 85.4 cm³/mol. The average Bonchev–Trinajstić information content (AvgIpc) is 2.36. The summed E-state index contributed by atoms with van der Waals surface area (Å²) in [6.07, 6.45) is 0. The maximum atomic E-state index is 13.3. The Kier molecular flexibility index (Phi) is 4.70. The zero-order valence-electron chi connectivity index (χ0n) is 10.5. The second kappa shape index (κ2) is 5.94. The van der Waals surface area contributed by atoms with Crippen LogP contribution in [0.4, 0.5) is 4.39 Å². The van der Waals surface area contributed by atoms with E-state index in [1.165, 1.54) is 6.07 Å². The van der Waals surface area contributed by atoms with Gasteiger partial charge in [0.1, 0.15) is 5.82 Å². The first-order valence-electron chi connectivity index (χ1n) is 5.76. The summed E-state index contributed by atoms with van der Waals surface area (Å²) in [4.78, 5) is 0. The molecule has 0 aromatic heterocycles. The van der Waals surface area contributed by atoms with Crippen LogP contribution in [0.2, 0.25) is 0 Å². The number of hydrogen-bond acceptors (Lipinski definition) is 0. The van der Waals surface area contributed by atoms with Crippen molar-refractivity contribution in [1.29, 1.82) is 0 Å². The third-order valence-corrected chi connectivity index (χ3v) is 5.01. The highest BCUT2D eigenvalue weighted by molar-refractivity contribution is 9.10. The highest BCUT2D eigenvalue weighted by atomic mass is 79.9. The average molecular weight is 407 g/mol. The molecule has 0 saturated heterocycles. The van der Waals surface area contributed by atoms with Gasteiger partial charge in [-0.05, 0) is 70.2 Å². The van der Waals surface area contributed by atoms with Crippen LogP contribution in [0, 0.1) is 19.7 Å². The van der Waals surface area contributed by atoms with Gasteiger partial charge in [-0.1, -0.05) is 28.1 Å². The fourth-order valence-corrected chi connectivity index (χ4v) is 3.15. The number of aryl methyl sites for hydroxylation is 2. The minimum absolute atomic E-state index is 0.281. The van der Waals surface area contributed by atoms with Crippen LogP contribution in [0.15, 0.2) is 39.3 Å². The van der Waals surface area contributed by atoms with E-state index in [1.807, 2.05) is 13.8 Å². The molecule has 0 nitrogen and oxygen atoms in total. The Morgan fingerprint density at radius 3 is 2.32 bits per heavy atom. The van der Waals surface area contributed by atoms with Crippen LogP contribution >= 0.6 is 43.5 Å². The molecular formula is C15H12Br2ClF. The lowest BCUT2D eigenvalue weighted by atomic mass is 9.98. The van der Waals surface area contributed by atoms with E-state index in [1.54, 1.807) is 12.1 Å². The second-order valence-electron chi connectivity index (χ2n) is 4.49. The summed E-state index contributed by atoms with van der Waals surface area (Å²) in [5.74, 6) is -0.281. The Balaban J connectivity index is 2.46. The molecule has 0 aliphatic carbocycles. The molecule has 0 bridgehead atoms. The molecular weight excluding hydrogens is 394 g/mol. The van der Waals surface area contributed by atoms with Gasteiger partial charge in [-0.2, -0.15) is 0 Å². The van der Waals surface area contributed by atoms with Gasteiger partial charge in [-0.3, -0.25) is 0 Å². The van der Waals surface area contributed by atoms with Gasteiger partial charge in [0.05, 0.1) is 9.85 Å². The lowest BCUT2D eigenvalue weighted by molar-refractivity contribution is 0.620. The lowest BCUT2D eigenvalue weighted by Gasteiger charge is -2.15. The van der Waals surface area contributed by atoms with Crippen LogP contribution < -0.4 is 0 Å². The largest absolute Gasteiger partial charge is 0.206 e. The van der Waals surface area contributed by atoms with E-state index in [9.17, 15) is 4.39 Å². The Hall–Kier alpha value is -0.380. The van der Waals surface area contributed by atoms with Crippen LogP contribution in [0.3, 0.4) is 0 Å². The number of benzene rings is 2. The first kappa shape index (κ1) is 15.0. The van der Waals surface area contributed by atoms with Crippen LogP contribution in [-0.4, -0.2) is 0 Å². The molecule has 100 valence electrons. The summed E-state index contributed by atoms with van der Waals surface area (Å²) >= 11 is 13.2. The summed E-state index contributed by atoms with van der Waals surface area (Å²) in [7, 11) is 0. The van der Waals surface area contributed by atoms with E-state index < -0.39 is 0 Å². The zero-order chi connectivity index (χ0) is 14.2. The Labute approximate surface area is 134 Å². The summed E-state index contributed by atoms with van der Waals surface area (Å²) in [5.41, 5.74) is 4.16. The van der Waals surface area contributed by atoms with Crippen molar-refractivity contribution < 1.29 is 4.39 Å². The van der Waals surface area contributed by atoms with Gasteiger partial charge in [-0.25, -0.2) is 4.39 Å². The molecule has 0 aliphatic heterocycles. The summed E-state index contributed by atoms with van der Waals surface area (Å²) in [5, 5.41) is -0.288. The molecule has 2 aromatic rings. The zero-order valence-corrected chi connectivity index (χ0v) is 14.4. The quantitative estimate of drug-likeness (QED) is 0.514. The summed E-state index contributed by atoms with van der Waals surface area (Å²) < 4.78 is 14.8. The number of rotatable bonds is 2. The third-order valence-electron chi connectivity index (χ3n) is 3.06. The van der Waals surface area contributed by atoms with Crippen LogP contribution in [0.25, 0.3) is 0 Å². The standard InChI is InChI=1S/C15H12Br2ClF/c1-8-6-12(16)9(2)5-11(8)15(18)10-3-4-14(19)13(17)7-10/h3-7,15H,1-2H3. The molecule has 2 rings (SSSR count). The van der Waals surface area contributed by atoms with Gasteiger partial charge in [0.25, 0.3) is 0 Å². The number of alkyl halides is 1. The first-order valence-corrected chi connectivity index (χ1v) is 7.78. The molecule has 0 amide bonds. The van der Waals surface area contributed by atoms with Crippen molar-refractivity contribution in [3.05, 3.63) is 67.3 Å². The van der Waals surface area contributed by atoms with Crippen LogP contribution in [-0.2, 0) is 0 Å². The molecule has 0 radical (unpaired) electrons. The molecule has 0 heterocycles. The van der Waals surface area contributed by atoms with Crippen molar-refractivity contribution >= 4 is 43.5 Å². The highest BCUT2D eigenvalue weighted by Crippen LogP contribution is 2.35. The molecule has 0 saturated carbocycles. The molecule has 0 aliphatic rings. The fraction of sp³-hybridized carbons (Fsp3) is 0.200. The van der Waals surface area contributed by atoms with E-state index in [0.29, 0.717) is 4.47 Å². The third kappa shape index (κ3) is 3.21. The van der Waals surface area contributed by atoms with Crippen molar-refractivity contribution in [3.63, 3.8) is 0 Å². The highest BCUT2D eigenvalue weighted by Gasteiger charge is 2.15. The Bertz CT molecular complexity index is 626. The summed E-state index contributed by atoms with van der Waals surface area (Å²) in [6, 6.07) is 8.99. The molecule has 4 heteroatoms. The van der Waals surface area contributed by atoms with Crippen molar-refractivity contribution in [3.8, 4) is 0 Å². The van der Waals surface area contributed by atoms with Crippen molar-refractivity contribution in [2.24, 2.45) is 0 Å². The molecule has 0 spiro atoms. The molecule has 0 N–H and O–H groups in total. The van der Waals surface area contributed by atoms with Gasteiger partial charge < -0.3 is 0 Å². The van der Waals surface area contributed by atoms with E-state index in [-0.39, 0.29) is 11.2 Å². The Morgan fingerprint density at radius 2 is 1.68 bits per heavy atom. The number of hydrogen-bond donors (Lipinski definition) is 0. The van der Waals surface area contributed by atoms with Crippen molar-refractivity contribution in [1.82, 2.24) is 0 Å². The monoisotopic (exact) mass is 404 g/mol.